The van der Waals surface area contributed by atoms with Gasteiger partial charge in [0.05, 0.1) is 0 Å². The third-order valence-electron chi connectivity index (χ3n) is 3.34. The van der Waals surface area contributed by atoms with Crippen molar-refractivity contribution in [3.8, 4) is 11.5 Å². The Morgan fingerprint density at radius 3 is 2.86 bits per heavy atom. The van der Waals surface area contributed by atoms with E-state index in [1.54, 1.807) is 0 Å². The Morgan fingerprint density at radius 2 is 2.05 bits per heavy atom. The molecule has 21 heavy (non-hydrogen) atoms. The van der Waals surface area contributed by atoms with E-state index in [1.807, 2.05) is 25.1 Å². The van der Waals surface area contributed by atoms with Gasteiger partial charge in [0.2, 0.25) is 6.79 Å². The lowest BCUT2D eigenvalue weighted by Gasteiger charge is -2.12. The van der Waals surface area contributed by atoms with E-state index in [-0.39, 0.29) is 6.79 Å². The van der Waals surface area contributed by atoms with Crippen molar-refractivity contribution in [3.05, 3.63) is 29.6 Å². The van der Waals surface area contributed by atoms with Crippen LogP contribution in [-0.4, -0.2) is 16.8 Å². The summed E-state index contributed by atoms with van der Waals surface area (Å²) in [7, 11) is 0. The average Bonchev–Trinajstić information content (AvgIpc) is 2.92. The minimum atomic E-state index is 0.263. The Hall–Kier alpha value is -2.50. The molecule has 0 fully saturated rings. The molecule has 1 aliphatic heterocycles. The van der Waals surface area contributed by atoms with Gasteiger partial charge in [-0.2, -0.15) is 0 Å². The van der Waals surface area contributed by atoms with E-state index in [0.29, 0.717) is 5.82 Å². The van der Waals surface area contributed by atoms with Gasteiger partial charge in [0.15, 0.2) is 11.5 Å². The van der Waals surface area contributed by atoms with E-state index in [0.717, 1.165) is 47.2 Å². The summed E-state index contributed by atoms with van der Waals surface area (Å²) >= 11 is 0. The number of aromatic nitrogens is 2. The minimum absolute atomic E-state index is 0.263. The van der Waals surface area contributed by atoms with Crippen LogP contribution < -0.4 is 20.5 Å². The molecule has 0 atom stereocenters. The standard InChI is InChI=1S/C15H18N4O2/c1-3-4-13-18-14(16)9(2)15(19-13)17-10-5-6-11-12(7-10)21-8-20-11/h5-7H,3-4,8H2,1-2H3,(H3,16,17,18,19). The maximum atomic E-state index is 5.96. The molecule has 0 spiro atoms. The van der Waals surface area contributed by atoms with Crippen molar-refractivity contribution >= 4 is 17.3 Å². The van der Waals surface area contributed by atoms with Crippen molar-refractivity contribution in [3.63, 3.8) is 0 Å². The fraction of sp³-hybridized carbons (Fsp3) is 0.333. The molecule has 2 heterocycles. The molecule has 6 heteroatoms. The van der Waals surface area contributed by atoms with Crippen molar-refractivity contribution in [2.24, 2.45) is 0 Å². The number of fused-ring (bicyclic) bond motifs is 1. The molecule has 2 aromatic rings. The number of rotatable bonds is 4. The van der Waals surface area contributed by atoms with E-state index >= 15 is 0 Å². The number of ether oxygens (including phenoxy) is 2. The van der Waals surface area contributed by atoms with Crippen LogP contribution in [0.1, 0.15) is 24.7 Å². The van der Waals surface area contributed by atoms with Gasteiger partial charge in [-0.25, -0.2) is 9.97 Å². The topological polar surface area (TPSA) is 82.3 Å². The normalized spacial score (nSPS) is 12.5. The number of hydrogen-bond acceptors (Lipinski definition) is 6. The summed E-state index contributed by atoms with van der Waals surface area (Å²) in [6.45, 7) is 4.25. The van der Waals surface area contributed by atoms with Crippen LogP contribution in [0.15, 0.2) is 18.2 Å². The zero-order valence-electron chi connectivity index (χ0n) is 12.1. The minimum Gasteiger partial charge on any atom is -0.454 e. The summed E-state index contributed by atoms with van der Waals surface area (Å²) in [5, 5.41) is 3.27. The molecule has 3 rings (SSSR count). The molecule has 0 aliphatic carbocycles. The molecule has 6 nitrogen and oxygen atoms in total. The predicted molar refractivity (Wildman–Crippen MR) is 81.0 cm³/mol. The van der Waals surface area contributed by atoms with Crippen molar-refractivity contribution in [2.75, 3.05) is 17.8 Å². The molecule has 1 aromatic heterocycles. The van der Waals surface area contributed by atoms with Gasteiger partial charge in [0.1, 0.15) is 17.5 Å². The monoisotopic (exact) mass is 286 g/mol. The highest BCUT2D eigenvalue weighted by molar-refractivity contribution is 5.66. The van der Waals surface area contributed by atoms with Gasteiger partial charge >= 0.3 is 0 Å². The Morgan fingerprint density at radius 1 is 1.24 bits per heavy atom. The Balaban J connectivity index is 1.90. The zero-order chi connectivity index (χ0) is 14.8. The summed E-state index contributed by atoms with van der Waals surface area (Å²) < 4.78 is 10.7. The molecule has 0 amide bonds. The maximum absolute atomic E-state index is 5.96. The molecule has 1 aliphatic rings. The molecular formula is C15H18N4O2. The van der Waals surface area contributed by atoms with E-state index in [2.05, 4.69) is 22.2 Å². The van der Waals surface area contributed by atoms with Gasteiger partial charge in [-0.1, -0.05) is 6.92 Å². The third kappa shape index (κ3) is 2.69. The molecular weight excluding hydrogens is 268 g/mol. The highest BCUT2D eigenvalue weighted by Gasteiger charge is 2.14. The second kappa shape index (κ2) is 5.47. The molecule has 0 saturated heterocycles. The summed E-state index contributed by atoms with van der Waals surface area (Å²) in [5.41, 5.74) is 7.68. The highest BCUT2D eigenvalue weighted by atomic mass is 16.7. The number of nitrogens with one attached hydrogen (secondary N) is 1. The molecule has 110 valence electrons. The number of anilines is 3. The van der Waals surface area contributed by atoms with Crippen molar-refractivity contribution in [1.29, 1.82) is 0 Å². The number of nitrogens with zero attached hydrogens (tertiary/aromatic N) is 2. The molecule has 1 aromatic carbocycles. The van der Waals surface area contributed by atoms with Crippen LogP contribution >= 0.6 is 0 Å². The van der Waals surface area contributed by atoms with E-state index in [4.69, 9.17) is 15.2 Å². The van der Waals surface area contributed by atoms with Crippen LogP contribution in [0.2, 0.25) is 0 Å². The first-order chi connectivity index (χ1) is 10.2. The zero-order valence-corrected chi connectivity index (χ0v) is 12.1. The molecule has 0 radical (unpaired) electrons. The van der Waals surface area contributed by atoms with Crippen LogP contribution in [-0.2, 0) is 6.42 Å². The molecule has 0 unspecified atom stereocenters. The first-order valence-corrected chi connectivity index (χ1v) is 6.97. The van der Waals surface area contributed by atoms with Crippen molar-refractivity contribution in [2.45, 2.75) is 26.7 Å². The van der Waals surface area contributed by atoms with Gasteiger partial charge < -0.3 is 20.5 Å². The largest absolute Gasteiger partial charge is 0.454 e. The number of nitrogen functional groups attached to an aromatic ring is 1. The van der Waals surface area contributed by atoms with Crippen LogP contribution in [0, 0.1) is 6.92 Å². The van der Waals surface area contributed by atoms with Gasteiger partial charge in [-0.15, -0.1) is 0 Å². The lowest BCUT2D eigenvalue weighted by molar-refractivity contribution is 0.174. The van der Waals surface area contributed by atoms with E-state index < -0.39 is 0 Å². The van der Waals surface area contributed by atoms with Gasteiger partial charge in [-0.3, -0.25) is 0 Å². The fourth-order valence-corrected chi connectivity index (χ4v) is 2.15. The van der Waals surface area contributed by atoms with Crippen LogP contribution in [0.4, 0.5) is 17.3 Å². The maximum Gasteiger partial charge on any atom is 0.231 e. The Bertz CT molecular complexity index is 673. The van der Waals surface area contributed by atoms with Crippen LogP contribution in [0.5, 0.6) is 11.5 Å². The first kappa shape index (κ1) is 13.5. The smallest absolute Gasteiger partial charge is 0.231 e. The van der Waals surface area contributed by atoms with E-state index in [9.17, 15) is 0 Å². The van der Waals surface area contributed by atoms with Crippen molar-refractivity contribution in [1.82, 2.24) is 9.97 Å². The van der Waals surface area contributed by atoms with E-state index in [1.165, 1.54) is 0 Å². The summed E-state index contributed by atoms with van der Waals surface area (Å²) in [5.74, 6) is 3.48. The Labute approximate surface area is 123 Å². The van der Waals surface area contributed by atoms with Gasteiger partial charge in [-0.05, 0) is 25.5 Å². The molecule has 0 saturated carbocycles. The highest BCUT2D eigenvalue weighted by Crippen LogP contribution is 2.35. The fourth-order valence-electron chi connectivity index (χ4n) is 2.15. The molecule has 3 N–H and O–H groups in total. The van der Waals surface area contributed by atoms with Gasteiger partial charge in [0, 0.05) is 23.7 Å². The second-order valence-corrected chi connectivity index (χ2v) is 4.94. The Kier molecular flexibility index (Phi) is 3.51. The second-order valence-electron chi connectivity index (χ2n) is 4.94. The molecule has 0 bridgehead atoms. The van der Waals surface area contributed by atoms with Crippen LogP contribution in [0.3, 0.4) is 0 Å². The lowest BCUT2D eigenvalue weighted by Crippen LogP contribution is -2.07. The SMILES string of the molecule is CCCc1nc(N)c(C)c(Nc2ccc3c(c2)OCO3)n1. The predicted octanol–water partition coefficient (Wildman–Crippen LogP) is 2.79. The first-order valence-electron chi connectivity index (χ1n) is 6.97. The summed E-state index contributed by atoms with van der Waals surface area (Å²) in [6, 6.07) is 5.68. The number of benzene rings is 1. The van der Waals surface area contributed by atoms with Gasteiger partial charge in [0.25, 0.3) is 0 Å². The quantitative estimate of drug-likeness (QED) is 0.899. The number of aryl methyl sites for hydroxylation is 1. The summed E-state index contributed by atoms with van der Waals surface area (Å²) in [4.78, 5) is 8.84. The lowest BCUT2D eigenvalue weighted by atomic mass is 10.2. The number of nitrogens with two attached hydrogens (primary N) is 1. The average molecular weight is 286 g/mol. The van der Waals surface area contributed by atoms with Crippen LogP contribution in [0.25, 0.3) is 0 Å². The summed E-state index contributed by atoms with van der Waals surface area (Å²) in [6.07, 6.45) is 1.78. The third-order valence-corrected chi connectivity index (χ3v) is 3.34. The van der Waals surface area contributed by atoms with Crippen molar-refractivity contribution < 1.29 is 9.47 Å². The number of hydrogen-bond donors (Lipinski definition) is 2.